The number of carbonyl (C=O) groups is 2. The van der Waals surface area contributed by atoms with Gasteiger partial charge in [0.05, 0.1) is 13.7 Å². The lowest BCUT2D eigenvalue weighted by Crippen LogP contribution is -2.34. The Bertz CT molecular complexity index is 483. The second-order valence-corrected chi connectivity index (χ2v) is 4.94. The van der Waals surface area contributed by atoms with Crippen LogP contribution in [0.25, 0.3) is 0 Å². The standard InChI is InChI=1S/C16H24N2O4/c1-12-6-4-7-13(2)15(12)22-11-5-8-14(19)17-9-10-18-16(20)21-3/h4,6-7H,5,8-11H2,1-3H3,(H,17,19)(H,18,20). The Labute approximate surface area is 131 Å². The average molecular weight is 308 g/mol. The molecule has 1 rings (SSSR count). The minimum absolute atomic E-state index is 0.0585. The summed E-state index contributed by atoms with van der Waals surface area (Å²) in [5, 5.41) is 5.21. The lowest BCUT2D eigenvalue weighted by atomic mass is 10.1. The Kier molecular flexibility index (Phi) is 7.81. The molecule has 0 fully saturated rings. The molecule has 0 spiro atoms. The van der Waals surface area contributed by atoms with Gasteiger partial charge in [0.25, 0.3) is 0 Å². The predicted octanol–water partition coefficient (Wildman–Crippen LogP) is 1.93. The van der Waals surface area contributed by atoms with Gasteiger partial charge in [-0.3, -0.25) is 4.79 Å². The van der Waals surface area contributed by atoms with Crippen LogP contribution in [0.15, 0.2) is 18.2 Å². The largest absolute Gasteiger partial charge is 0.493 e. The van der Waals surface area contributed by atoms with Crippen LogP contribution >= 0.6 is 0 Å². The van der Waals surface area contributed by atoms with Crippen LogP contribution in [0.2, 0.25) is 0 Å². The van der Waals surface area contributed by atoms with Crippen molar-refractivity contribution in [2.45, 2.75) is 26.7 Å². The third-order valence-electron chi connectivity index (χ3n) is 3.11. The number of hydrogen-bond donors (Lipinski definition) is 2. The van der Waals surface area contributed by atoms with E-state index in [-0.39, 0.29) is 5.91 Å². The lowest BCUT2D eigenvalue weighted by molar-refractivity contribution is -0.121. The molecule has 0 unspecified atom stereocenters. The lowest BCUT2D eigenvalue weighted by Gasteiger charge is -2.11. The first-order valence-corrected chi connectivity index (χ1v) is 7.32. The van der Waals surface area contributed by atoms with Crippen molar-refractivity contribution >= 4 is 12.0 Å². The SMILES string of the molecule is COC(=O)NCCNC(=O)CCCOc1c(C)cccc1C. The maximum absolute atomic E-state index is 11.6. The van der Waals surface area contributed by atoms with Gasteiger partial charge in [0.1, 0.15) is 5.75 Å². The molecule has 2 amide bonds. The van der Waals surface area contributed by atoms with Crippen molar-refractivity contribution in [2.75, 3.05) is 26.8 Å². The molecular weight excluding hydrogens is 284 g/mol. The fourth-order valence-corrected chi connectivity index (χ4v) is 1.96. The minimum Gasteiger partial charge on any atom is -0.493 e. The molecule has 0 heterocycles. The first-order chi connectivity index (χ1) is 10.5. The smallest absolute Gasteiger partial charge is 0.406 e. The summed E-state index contributed by atoms with van der Waals surface area (Å²) in [6.07, 6.45) is 0.531. The molecule has 0 aromatic heterocycles. The summed E-state index contributed by atoms with van der Waals surface area (Å²) in [5.41, 5.74) is 2.19. The number of hydrogen-bond acceptors (Lipinski definition) is 4. The average Bonchev–Trinajstić information content (AvgIpc) is 2.50. The Balaban J connectivity index is 2.14. The van der Waals surface area contributed by atoms with E-state index in [9.17, 15) is 9.59 Å². The van der Waals surface area contributed by atoms with Crippen LogP contribution in [0.3, 0.4) is 0 Å². The van der Waals surface area contributed by atoms with Gasteiger partial charge in [-0.15, -0.1) is 0 Å². The van der Waals surface area contributed by atoms with Gasteiger partial charge in [0.2, 0.25) is 5.91 Å². The molecule has 0 saturated heterocycles. The molecule has 1 aromatic rings. The number of rotatable bonds is 8. The van der Waals surface area contributed by atoms with E-state index in [2.05, 4.69) is 15.4 Å². The van der Waals surface area contributed by atoms with Gasteiger partial charge in [-0.05, 0) is 31.4 Å². The molecule has 1 aromatic carbocycles. The highest BCUT2D eigenvalue weighted by molar-refractivity contribution is 5.75. The van der Waals surface area contributed by atoms with Crippen LogP contribution in [0.5, 0.6) is 5.75 Å². The zero-order valence-electron chi connectivity index (χ0n) is 13.4. The third kappa shape index (κ3) is 6.47. The summed E-state index contributed by atoms with van der Waals surface area (Å²) in [5.74, 6) is 0.835. The van der Waals surface area contributed by atoms with E-state index in [1.165, 1.54) is 7.11 Å². The van der Waals surface area contributed by atoms with Gasteiger partial charge in [-0.25, -0.2) is 4.79 Å². The van der Waals surface area contributed by atoms with Gasteiger partial charge in [-0.1, -0.05) is 18.2 Å². The maximum atomic E-state index is 11.6. The first kappa shape index (κ1) is 17.8. The summed E-state index contributed by atoms with van der Waals surface area (Å²) in [6.45, 7) is 5.23. The number of amides is 2. The van der Waals surface area contributed by atoms with Crippen LogP contribution in [0, 0.1) is 13.8 Å². The van der Waals surface area contributed by atoms with Crippen molar-refractivity contribution in [1.29, 1.82) is 0 Å². The van der Waals surface area contributed by atoms with Crippen LogP contribution in [-0.2, 0) is 9.53 Å². The van der Waals surface area contributed by atoms with Gasteiger partial charge >= 0.3 is 6.09 Å². The molecule has 0 atom stereocenters. The normalized spacial score (nSPS) is 9.95. The van der Waals surface area contributed by atoms with Gasteiger partial charge in [0, 0.05) is 19.5 Å². The summed E-state index contributed by atoms with van der Waals surface area (Å²) < 4.78 is 10.2. The van der Waals surface area contributed by atoms with E-state index in [0.717, 1.165) is 16.9 Å². The predicted molar refractivity (Wildman–Crippen MR) is 84.1 cm³/mol. The van der Waals surface area contributed by atoms with E-state index in [0.29, 0.717) is 32.5 Å². The van der Waals surface area contributed by atoms with Gasteiger partial charge < -0.3 is 20.1 Å². The Morgan fingerprint density at radius 1 is 1.09 bits per heavy atom. The van der Waals surface area contributed by atoms with Gasteiger partial charge in [-0.2, -0.15) is 0 Å². The quantitative estimate of drug-likeness (QED) is 0.720. The molecule has 0 saturated carbocycles. The first-order valence-electron chi connectivity index (χ1n) is 7.32. The Morgan fingerprint density at radius 2 is 1.73 bits per heavy atom. The fourth-order valence-electron chi connectivity index (χ4n) is 1.96. The number of ether oxygens (including phenoxy) is 2. The Morgan fingerprint density at radius 3 is 2.36 bits per heavy atom. The van der Waals surface area contributed by atoms with E-state index in [1.54, 1.807) is 0 Å². The summed E-state index contributed by atoms with van der Waals surface area (Å²) >= 11 is 0. The molecule has 0 aliphatic heterocycles. The van der Waals surface area contributed by atoms with Crippen molar-refractivity contribution in [3.8, 4) is 5.75 Å². The monoisotopic (exact) mass is 308 g/mol. The van der Waals surface area contributed by atoms with E-state index < -0.39 is 6.09 Å². The molecule has 0 radical (unpaired) electrons. The van der Waals surface area contributed by atoms with Crippen molar-refractivity contribution in [3.63, 3.8) is 0 Å². The summed E-state index contributed by atoms with van der Waals surface area (Å²) in [4.78, 5) is 22.4. The van der Waals surface area contributed by atoms with Crippen LogP contribution in [0.4, 0.5) is 4.79 Å². The van der Waals surface area contributed by atoms with E-state index in [1.807, 2.05) is 32.0 Å². The molecule has 22 heavy (non-hydrogen) atoms. The van der Waals surface area contributed by atoms with Crippen molar-refractivity contribution in [1.82, 2.24) is 10.6 Å². The topological polar surface area (TPSA) is 76.7 Å². The highest BCUT2D eigenvalue weighted by Gasteiger charge is 2.05. The number of nitrogens with one attached hydrogen (secondary N) is 2. The van der Waals surface area contributed by atoms with Crippen molar-refractivity contribution < 1.29 is 19.1 Å². The molecule has 2 N–H and O–H groups in total. The molecule has 0 aliphatic carbocycles. The highest BCUT2D eigenvalue weighted by atomic mass is 16.5. The number of methoxy groups -OCH3 is 1. The number of benzene rings is 1. The Hall–Kier alpha value is -2.24. The zero-order valence-corrected chi connectivity index (χ0v) is 13.4. The van der Waals surface area contributed by atoms with Crippen molar-refractivity contribution in [3.05, 3.63) is 29.3 Å². The number of alkyl carbamates (subject to hydrolysis) is 1. The highest BCUT2D eigenvalue weighted by Crippen LogP contribution is 2.22. The number of carbonyl (C=O) groups excluding carboxylic acids is 2. The molecule has 6 nitrogen and oxygen atoms in total. The summed E-state index contributed by atoms with van der Waals surface area (Å²) in [7, 11) is 1.30. The molecule has 0 bridgehead atoms. The van der Waals surface area contributed by atoms with Crippen LogP contribution in [-0.4, -0.2) is 38.8 Å². The maximum Gasteiger partial charge on any atom is 0.406 e. The molecule has 0 aliphatic rings. The second-order valence-electron chi connectivity index (χ2n) is 4.94. The van der Waals surface area contributed by atoms with Gasteiger partial charge in [0.15, 0.2) is 0 Å². The molecular formula is C16H24N2O4. The van der Waals surface area contributed by atoms with Crippen molar-refractivity contribution in [2.24, 2.45) is 0 Å². The number of aryl methyl sites for hydroxylation is 2. The van der Waals surface area contributed by atoms with Crippen LogP contribution < -0.4 is 15.4 Å². The molecule has 122 valence electrons. The third-order valence-corrected chi connectivity index (χ3v) is 3.11. The molecule has 6 heteroatoms. The van der Waals surface area contributed by atoms with E-state index in [4.69, 9.17) is 4.74 Å². The zero-order chi connectivity index (χ0) is 16.4. The van der Waals surface area contributed by atoms with E-state index >= 15 is 0 Å². The number of para-hydroxylation sites is 1. The fraction of sp³-hybridized carbons (Fsp3) is 0.500. The van der Waals surface area contributed by atoms with Crippen LogP contribution in [0.1, 0.15) is 24.0 Å². The summed E-state index contributed by atoms with van der Waals surface area (Å²) in [6, 6.07) is 6.00. The minimum atomic E-state index is -0.503. The second kappa shape index (κ2) is 9.65.